The van der Waals surface area contributed by atoms with E-state index in [2.05, 4.69) is 39.4 Å². The Morgan fingerprint density at radius 3 is 2.37 bits per heavy atom. The molecule has 3 rings (SSSR count). The fraction of sp³-hybridized carbons (Fsp3) is 0.381. The van der Waals surface area contributed by atoms with Crippen molar-refractivity contribution in [3.05, 3.63) is 69.7 Å². The maximum Gasteiger partial charge on any atom is 0.234 e. The van der Waals surface area contributed by atoms with Gasteiger partial charge in [-0.1, -0.05) is 59.6 Å². The van der Waals surface area contributed by atoms with Crippen LogP contribution >= 0.6 is 23.2 Å². The summed E-state index contributed by atoms with van der Waals surface area (Å²) >= 11 is 12.2. The SMILES string of the molecule is C[C@H](NC(=O)CN1CCN(Cc2ccccc2)CC1)c1ccc(Cl)cc1Cl. The first-order valence-electron chi connectivity index (χ1n) is 9.24. The zero-order valence-electron chi connectivity index (χ0n) is 15.5. The molecule has 1 fully saturated rings. The third-order valence-corrected chi connectivity index (χ3v) is 5.45. The topological polar surface area (TPSA) is 35.6 Å². The molecule has 0 unspecified atom stereocenters. The van der Waals surface area contributed by atoms with Crippen molar-refractivity contribution < 1.29 is 4.79 Å². The number of nitrogens with one attached hydrogen (secondary N) is 1. The molecule has 1 heterocycles. The molecule has 1 N–H and O–H groups in total. The van der Waals surface area contributed by atoms with E-state index >= 15 is 0 Å². The Morgan fingerprint density at radius 2 is 1.70 bits per heavy atom. The van der Waals surface area contributed by atoms with E-state index in [1.54, 1.807) is 12.1 Å². The highest BCUT2D eigenvalue weighted by Crippen LogP contribution is 2.26. The Balaban J connectivity index is 1.44. The summed E-state index contributed by atoms with van der Waals surface area (Å²) in [5.74, 6) is 0.0185. The lowest BCUT2D eigenvalue weighted by Gasteiger charge is -2.34. The van der Waals surface area contributed by atoms with Crippen LogP contribution in [0, 0.1) is 0 Å². The number of carbonyl (C=O) groups excluding carboxylic acids is 1. The normalized spacial score (nSPS) is 16.9. The summed E-state index contributed by atoms with van der Waals surface area (Å²) in [5, 5.41) is 4.20. The molecule has 1 amide bonds. The highest BCUT2D eigenvalue weighted by atomic mass is 35.5. The number of rotatable bonds is 6. The minimum Gasteiger partial charge on any atom is -0.348 e. The van der Waals surface area contributed by atoms with Crippen LogP contribution in [0.5, 0.6) is 0 Å². The van der Waals surface area contributed by atoms with Gasteiger partial charge in [-0.05, 0) is 30.2 Å². The molecule has 0 saturated carbocycles. The van der Waals surface area contributed by atoms with Gasteiger partial charge in [-0.25, -0.2) is 0 Å². The maximum absolute atomic E-state index is 12.4. The second-order valence-corrected chi connectivity index (χ2v) is 7.84. The zero-order chi connectivity index (χ0) is 19.2. The summed E-state index contributed by atoms with van der Waals surface area (Å²) in [7, 11) is 0. The van der Waals surface area contributed by atoms with Gasteiger partial charge in [-0.15, -0.1) is 0 Å². The van der Waals surface area contributed by atoms with Gasteiger partial charge in [0.25, 0.3) is 0 Å². The van der Waals surface area contributed by atoms with Gasteiger partial charge >= 0.3 is 0 Å². The smallest absolute Gasteiger partial charge is 0.234 e. The predicted octanol–water partition coefficient (Wildman–Crippen LogP) is 3.99. The van der Waals surface area contributed by atoms with Crippen molar-refractivity contribution in [2.24, 2.45) is 0 Å². The fourth-order valence-corrected chi connectivity index (χ4v) is 3.94. The number of hydrogen-bond acceptors (Lipinski definition) is 3. The van der Waals surface area contributed by atoms with Crippen molar-refractivity contribution in [3.8, 4) is 0 Å². The number of hydrogen-bond donors (Lipinski definition) is 1. The van der Waals surface area contributed by atoms with Crippen molar-refractivity contribution in [1.82, 2.24) is 15.1 Å². The van der Waals surface area contributed by atoms with Crippen LogP contribution in [0.4, 0.5) is 0 Å². The molecule has 0 aliphatic carbocycles. The van der Waals surface area contributed by atoms with Gasteiger partial charge in [0, 0.05) is 42.8 Å². The first-order valence-corrected chi connectivity index (χ1v) is 10.00. The van der Waals surface area contributed by atoms with E-state index in [-0.39, 0.29) is 11.9 Å². The van der Waals surface area contributed by atoms with Gasteiger partial charge in [0.05, 0.1) is 12.6 Å². The van der Waals surface area contributed by atoms with E-state index in [4.69, 9.17) is 23.2 Å². The largest absolute Gasteiger partial charge is 0.348 e. The third-order valence-electron chi connectivity index (χ3n) is 4.89. The van der Waals surface area contributed by atoms with Crippen LogP contribution in [0.2, 0.25) is 10.0 Å². The number of benzene rings is 2. The number of halogens is 2. The first kappa shape index (κ1) is 20.2. The minimum atomic E-state index is -0.151. The van der Waals surface area contributed by atoms with Crippen LogP contribution < -0.4 is 5.32 Å². The molecule has 6 heteroatoms. The number of nitrogens with zero attached hydrogens (tertiary/aromatic N) is 2. The van der Waals surface area contributed by atoms with Crippen molar-refractivity contribution in [2.75, 3.05) is 32.7 Å². The van der Waals surface area contributed by atoms with Crippen LogP contribution in [0.1, 0.15) is 24.1 Å². The van der Waals surface area contributed by atoms with Crippen LogP contribution in [0.3, 0.4) is 0 Å². The van der Waals surface area contributed by atoms with Crippen molar-refractivity contribution >= 4 is 29.1 Å². The molecule has 0 spiro atoms. The summed E-state index contributed by atoms with van der Waals surface area (Å²) in [6, 6.07) is 15.7. The molecule has 2 aromatic carbocycles. The van der Waals surface area contributed by atoms with Gasteiger partial charge in [0.2, 0.25) is 5.91 Å². The second-order valence-electron chi connectivity index (χ2n) is 6.99. The monoisotopic (exact) mass is 405 g/mol. The summed E-state index contributed by atoms with van der Waals surface area (Å²) in [5.41, 5.74) is 2.21. The van der Waals surface area contributed by atoms with Gasteiger partial charge in [0.15, 0.2) is 0 Å². The van der Waals surface area contributed by atoms with Gasteiger partial charge < -0.3 is 5.32 Å². The molecule has 1 saturated heterocycles. The average molecular weight is 406 g/mol. The van der Waals surface area contributed by atoms with Crippen molar-refractivity contribution in [2.45, 2.75) is 19.5 Å². The maximum atomic E-state index is 12.4. The molecular formula is C21H25Cl2N3O. The van der Waals surface area contributed by atoms with Gasteiger partial charge in [-0.2, -0.15) is 0 Å². The van der Waals surface area contributed by atoms with Crippen LogP contribution in [-0.2, 0) is 11.3 Å². The first-order chi connectivity index (χ1) is 13.0. The van der Waals surface area contributed by atoms with Crippen LogP contribution in [0.15, 0.2) is 48.5 Å². The van der Waals surface area contributed by atoms with E-state index in [1.165, 1.54) is 5.56 Å². The number of piperazine rings is 1. The van der Waals surface area contributed by atoms with E-state index in [9.17, 15) is 4.79 Å². The average Bonchev–Trinajstić information content (AvgIpc) is 2.64. The molecule has 0 bridgehead atoms. The van der Waals surface area contributed by atoms with Crippen LogP contribution in [-0.4, -0.2) is 48.4 Å². The zero-order valence-corrected chi connectivity index (χ0v) is 17.0. The molecule has 0 radical (unpaired) electrons. The quantitative estimate of drug-likeness (QED) is 0.788. The Bertz CT molecular complexity index is 761. The van der Waals surface area contributed by atoms with Gasteiger partial charge in [0.1, 0.15) is 0 Å². The number of carbonyl (C=O) groups is 1. The Kier molecular flexibility index (Phi) is 7.13. The van der Waals surface area contributed by atoms with E-state index in [0.29, 0.717) is 16.6 Å². The molecule has 1 aliphatic rings. The van der Waals surface area contributed by atoms with Crippen molar-refractivity contribution in [3.63, 3.8) is 0 Å². The lowest BCUT2D eigenvalue weighted by atomic mass is 10.1. The minimum absolute atomic E-state index is 0.0185. The second kappa shape index (κ2) is 9.56. The number of amides is 1. The Morgan fingerprint density at radius 1 is 1.04 bits per heavy atom. The fourth-order valence-electron chi connectivity index (χ4n) is 3.37. The summed E-state index contributed by atoms with van der Waals surface area (Å²) in [4.78, 5) is 17.0. The van der Waals surface area contributed by atoms with Crippen LogP contribution in [0.25, 0.3) is 0 Å². The van der Waals surface area contributed by atoms with Crippen molar-refractivity contribution in [1.29, 1.82) is 0 Å². The molecule has 27 heavy (non-hydrogen) atoms. The molecule has 1 aliphatic heterocycles. The summed E-state index contributed by atoms with van der Waals surface area (Å²) < 4.78 is 0. The molecule has 1 atom stereocenters. The lowest BCUT2D eigenvalue weighted by Crippen LogP contribution is -2.49. The molecule has 144 valence electrons. The summed E-state index contributed by atoms with van der Waals surface area (Å²) in [6.45, 7) is 7.06. The standard InChI is InChI=1S/C21H25Cl2N3O/c1-16(19-8-7-18(22)13-20(19)23)24-21(27)15-26-11-9-25(10-12-26)14-17-5-3-2-4-6-17/h2-8,13,16H,9-12,14-15H2,1H3,(H,24,27)/t16-/m0/s1. The van der Waals surface area contributed by atoms with Gasteiger partial charge in [-0.3, -0.25) is 14.6 Å². The molecule has 0 aromatic heterocycles. The third kappa shape index (κ3) is 5.94. The Labute approximate surface area is 171 Å². The predicted molar refractivity (Wildman–Crippen MR) is 111 cm³/mol. The molecule has 2 aromatic rings. The highest BCUT2D eigenvalue weighted by Gasteiger charge is 2.20. The van der Waals surface area contributed by atoms with E-state index in [1.807, 2.05) is 19.1 Å². The molecular weight excluding hydrogens is 381 g/mol. The summed E-state index contributed by atoms with van der Waals surface area (Å²) in [6.07, 6.45) is 0. The lowest BCUT2D eigenvalue weighted by molar-refractivity contribution is -0.123. The van der Waals surface area contributed by atoms with E-state index in [0.717, 1.165) is 38.3 Å². The highest BCUT2D eigenvalue weighted by molar-refractivity contribution is 6.35. The van der Waals surface area contributed by atoms with E-state index < -0.39 is 0 Å². The Hall–Kier alpha value is -1.59. The molecule has 4 nitrogen and oxygen atoms in total.